The highest BCUT2D eigenvalue weighted by Crippen LogP contribution is 2.19. The van der Waals surface area contributed by atoms with E-state index in [1.165, 1.54) is 0 Å². The Bertz CT molecular complexity index is 394. The molecule has 0 amide bonds. The molecule has 0 saturated carbocycles. The van der Waals surface area contributed by atoms with Gasteiger partial charge in [0, 0.05) is 18.7 Å². The van der Waals surface area contributed by atoms with Gasteiger partial charge in [-0.1, -0.05) is 18.2 Å². The van der Waals surface area contributed by atoms with Crippen molar-refractivity contribution in [3.05, 3.63) is 29.8 Å². The lowest BCUT2D eigenvalue weighted by Gasteiger charge is -2.14. The van der Waals surface area contributed by atoms with Crippen molar-refractivity contribution < 1.29 is 22.6 Å². The van der Waals surface area contributed by atoms with E-state index in [1.54, 1.807) is 0 Å². The highest BCUT2D eigenvalue weighted by atomic mass is 19.4. The van der Waals surface area contributed by atoms with Gasteiger partial charge in [0.05, 0.1) is 12.7 Å². The zero-order valence-electron chi connectivity index (χ0n) is 11.7. The van der Waals surface area contributed by atoms with Crippen LogP contribution in [-0.2, 0) is 11.3 Å². The van der Waals surface area contributed by atoms with Crippen LogP contribution in [0.2, 0.25) is 0 Å². The minimum absolute atomic E-state index is 0.0206. The molecule has 0 aliphatic rings. The molecule has 0 fully saturated rings. The Labute approximate surface area is 117 Å². The molecule has 1 aromatic carbocycles. The number of hydrogen-bond donors (Lipinski definition) is 1. The molecule has 0 spiro atoms. The molecule has 20 heavy (non-hydrogen) atoms. The van der Waals surface area contributed by atoms with Gasteiger partial charge in [0.1, 0.15) is 12.4 Å². The Morgan fingerprint density at radius 1 is 1.20 bits per heavy atom. The molecule has 6 heteroatoms. The molecule has 0 radical (unpaired) electrons. The minimum Gasteiger partial charge on any atom is -0.491 e. The van der Waals surface area contributed by atoms with E-state index in [1.807, 2.05) is 38.1 Å². The smallest absolute Gasteiger partial charge is 0.411 e. The number of benzene rings is 1. The molecule has 1 N–H and O–H groups in total. The number of halogens is 3. The largest absolute Gasteiger partial charge is 0.491 e. The molecule has 0 heterocycles. The minimum atomic E-state index is -4.27. The van der Waals surface area contributed by atoms with E-state index < -0.39 is 12.8 Å². The average molecular weight is 291 g/mol. The maximum atomic E-state index is 11.8. The summed E-state index contributed by atoms with van der Waals surface area (Å²) in [5.41, 5.74) is 0.969. The summed E-state index contributed by atoms with van der Waals surface area (Å²) in [7, 11) is 0. The fourth-order valence-corrected chi connectivity index (χ4v) is 1.57. The first-order valence-corrected chi connectivity index (χ1v) is 6.48. The van der Waals surface area contributed by atoms with Crippen LogP contribution in [0.5, 0.6) is 5.75 Å². The van der Waals surface area contributed by atoms with E-state index in [0.29, 0.717) is 13.1 Å². The number of para-hydroxylation sites is 1. The molecule has 0 aliphatic carbocycles. The topological polar surface area (TPSA) is 30.5 Å². The Morgan fingerprint density at radius 2 is 1.90 bits per heavy atom. The lowest BCUT2D eigenvalue weighted by atomic mass is 10.2. The summed E-state index contributed by atoms with van der Waals surface area (Å²) in [5, 5.41) is 3.03. The van der Waals surface area contributed by atoms with E-state index in [-0.39, 0.29) is 12.7 Å². The second kappa shape index (κ2) is 8.11. The Morgan fingerprint density at radius 3 is 2.55 bits per heavy atom. The van der Waals surface area contributed by atoms with Crippen LogP contribution in [0, 0.1) is 0 Å². The molecule has 0 aliphatic heterocycles. The molecule has 0 atom stereocenters. The van der Waals surface area contributed by atoms with Gasteiger partial charge in [0.2, 0.25) is 0 Å². The Kier molecular flexibility index (Phi) is 6.81. The average Bonchev–Trinajstić information content (AvgIpc) is 2.33. The molecule has 114 valence electrons. The van der Waals surface area contributed by atoms with Crippen molar-refractivity contribution in [2.24, 2.45) is 0 Å². The molecular formula is C14H20F3NO2. The number of alkyl halides is 3. The Hall–Kier alpha value is -1.27. The summed E-state index contributed by atoms with van der Waals surface area (Å²) in [6.07, 6.45) is -4.19. The number of ether oxygens (including phenoxy) is 2. The fourth-order valence-electron chi connectivity index (χ4n) is 1.57. The van der Waals surface area contributed by atoms with Gasteiger partial charge in [-0.25, -0.2) is 0 Å². The summed E-state index contributed by atoms with van der Waals surface area (Å²) in [4.78, 5) is 0. The van der Waals surface area contributed by atoms with E-state index >= 15 is 0 Å². The summed E-state index contributed by atoms with van der Waals surface area (Å²) in [5.74, 6) is 0.784. The normalized spacial score (nSPS) is 11.9. The zero-order valence-corrected chi connectivity index (χ0v) is 11.7. The summed E-state index contributed by atoms with van der Waals surface area (Å²) < 4.78 is 45.7. The zero-order chi connectivity index (χ0) is 15.0. The van der Waals surface area contributed by atoms with Crippen LogP contribution in [0.1, 0.15) is 19.4 Å². The summed E-state index contributed by atoms with van der Waals surface area (Å²) in [6.45, 7) is 3.57. The predicted molar refractivity (Wildman–Crippen MR) is 70.8 cm³/mol. The number of rotatable bonds is 8. The van der Waals surface area contributed by atoms with Crippen molar-refractivity contribution >= 4 is 0 Å². The van der Waals surface area contributed by atoms with Gasteiger partial charge in [-0.15, -0.1) is 0 Å². The molecule has 3 nitrogen and oxygen atoms in total. The second-order valence-electron chi connectivity index (χ2n) is 4.62. The quantitative estimate of drug-likeness (QED) is 0.746. The van der Waals surface area contributed by atoms with Crippen LogP contribution >= 0.6 is 0 Å². The Balaban J connectivity index is 2.28. The molecular weight excluding hydrogens is 271 g/mol. The van der Waals surface area contributed by atoms with E-state index in [9.17, 15) is 13.2 Å². The fraction of sp³-hybridized carbons (Fsp3) is 0.571. The monoisotopic (exact) mass is 291 g/mol. The standard InChI is InChI=1S/C14H20F3NO2/c1-11(2)20-13-6-4-3-5-12(13)9-18-7-8-19-10-14(15,16)17/h3-6,11,18H,7-10H2,1-2H3. The molecule has 0 unspecified atom stereocenters. The SMILES string of the molecule is CC(C)Oc1ccccc1CNCCOCC(F)(F)F. The first kappa shape index (κ1) is 16.8. The van der Waals surface area contributed by atoms with Gasteiger partial charge < -0.3 is 14.8 Å². The van der Waals surface area contributed by atoms with Crippen molar-refractivity contribution in [1.82, 2.24) is 5.32 Å². The van der Waals surface area contributed by atoms with E-state index in [0.717, 1.165) is 11.3 Å². The van der Waals surface area contributed by atoms with Crippen molar-refractivity contribution in [2.75, 3.05) is 19.8 Å². The van der Waals surface area contributed by atoms with Crippen molar-refractivity contribution in [3.63, 3.8) is 0 Å². The van der Waals surface area contributed by atoms with Gasteiger partial charge in [-0.05, 0) is 19.9 Å². The third-order valence-electron chi connectivity index (χ3n) is 2.34. The van der Waals surface area contributed by atoms with Crippen LogP contribution in [0.25, 0.3) is 0 Å². The van der Waals surface area contributed by atoms with Gasteiger partial charge in [0.15, 0.2) is 0 Å². The first-order valence-electron chi connectivity index (χ1n) is 6.48. The first-order chi connectivity index (χ1) is 9.38. The second-order valence-corrected chi connectivity index (χ2v) is 4.62. The molecule has 0 aromatic heterocycles. The third-order valence-corrected chi connectivity index (χ3v) is 2.34. The van der Waals surface area contributed by atoms with Gasteiger partial charge in [-0.2, -0.15) is 13.2 Å². The number of nitrogens with one attached hydrogen (secondary N) is 1. The predicted octanol–water partition coefficient (Wildman–Crippen LogP) is 3.14. The van der Waals surface area contributed by atoms with Crippen molar-refractivity contribution in [3.8, 4) is 5.75 Å². The van der Waals surface area contributed by atoms with Crippen LogP contribution in [-0.4, -0.2) is 32.0 Å². The third kappa shape index (κ3) is 7.35. The summed E-state index contributed by atoms with van der Waals surface area (Å²) >= 11 is 0. The van der Waals surface area contributed by atoms with Crippen LogP contribution < -0.4 is 10.1 Å². The van der Waals surface area contributed by atoms with E-state index in [4.69, 9.17) is 4.74 Å². The van der Waals surface area contributed by atoms with Gasteiger partial charge >= 0.3 is 6.18 Å². The van der Waals surface area contributed by atoms with Gasteiger partial charge in [0.25, 0.3) is 0 Å². The van der Waals surface area contributed by atoms with Gasteiger partial charge in [-0.3, -0.25) is 0 Å². The number of hydrogen-bond acceptors (Lipinski definition) is 3. The highest BCUT2D eigenvalue weighted by molar-refractivity contribution is 5.33. The maximum absolute atomic E-state index is 11.8. The molecule has 1 aromatic rings. The van der Waals surface area contributed by atoms with Crippen LogP contribution in [0.4, 0.5) is 13.2 Å². The molecule has 0 bridgehead atoms. The molecule has 0 saturated heterocycles. The summed E-state index contributed by atoms with van der Waals surface area (Å²) in [6, 6.07) is 7.57. The highest BCUT2D eigenvalue weighted by Gasteiger charge is 2.27. The van der Waals surface area contributed by atoms with Crippen LogP contribution in [0.15, 0.2) is 24.3 Å². The van der Waals surface area contributed by atoms with E-state index in [2.05, 4.69) is 10.1 Å². The maximum Gasteiger partial charge on any atom is 0.411 e. The van der Waals surface area contributed by atoms with Crippen LogP contribution in [0.3, 0.4) is 0 Å². The lowest BCUT2D eigenvalue weighted by Crippen LogP contribution is -2.24. The van der Waals surface area contributed by atoms with Crippen molar-refractivity contribution in [1.29, 1.82) is 0 Å². The van der Waals surface area contributed by atoms with Crippen molar-refractivity contribution in [2.45, 2.75) is 32.7 Å². The molecule has 1 rings (SSSR count). The lowest BCUT2D eigenvalue weighted by molar-refractivity contribution is -0.173.